The summed E-state index contributed by atoms with van der Waals surface area (Å²) >= 11 is 0. The van der Waals surface area contributed by atoms with Crippen molar-refractivity contribution in [2.45, 2.75) is 26.8 Å². The van der Waals surface area contributed by atoms with Crippen LogP contribution in [-0.4, -0.2) is 26.5 Å². The minimum absolute atomic E-state index is 0.462. The molecule has 1 aromatic heterocycles. The van der Waals surface area contributed by atoms with Gasteiger partial charge in [0.25, 0.3) is 5.91 Å². The fourth-order valence-electron chi connectivity index (χ4n) is 2.05. The lowest BCUT2D eigenvalue weighted by molar-refractivity contribution is -0.135. The molecule has 122 valence electrons. The molecular weight excluding hydrogens is 300 g/mol. The summed E-state index contributed by atoms with van der Waals surface area (Å²) in [5, 5.41) is 6.71. The average molecular weight is 318 g/mol. The first-order valence-electron chi connectivity index (χ1n) is 7.01. The summed E-state index contributed by atoms with van der Waals surface area (Å²) in [7, 11) is 0. The van der Waals surface area contributed by atoms with Crippen LogP contribution in [0.5, 0.6) is 0 Å². The van der Waals surface area contributed by atoms with E-state index in [1.54, 1.807) is 51.1 Å². The largest absolute Gasteiger partial charge is 0.345 e. The van der Waals surface area contributed by atoms with Gasteiger partial charge in [0, 0.05) is 11.1 Å². The molecule has 1 unspecified atom stereocenters. The van der Waals surface area contributed by atoms with Gasteiger partial charge in [0.1, 0.15) is 0 Å². The van der Waals surface area contributed by atoms with E-state index in [-0.39, 0.29) is 0 Å². The van der Waals surface area contributed by atoms with Crippen molar-refractivity contribution in [3.63, 3.8) is 0 Å². The lowest BCUT2D eigenvalue weighted by Crippen LogP contribution is -2.45. The Morgan fingerprint density at radius 2 is 1.57 bits per heavy atom. The average Bonchev–Trinajstić information content (AvgIpc) is 2.80. The van der Waals surface area contributed by atoms with Gasteiger partial charge in [-0.2, -0.15) is 0 Å². The van der Waals surface area contributed by atoms with E-state index < -0.39 is 34.5 Å². The van der Waals surface area contributed by atoms with Crippen molar-refractivity contribution in [3.05, 3.63) is 51.3 Å². The maximum atomic E-state index is 12.6. The molecule has 0 spiro atoms. The Morgan fingerprint density at radius 3 is 2.04 bits per heavy atom. The van der Waals surface area contributed by atoms with Crippen LogP contribution in [0.25, 0.3) is 0 Å². The summed E-state index contributed by atoms with van der Waals surface area (Å²) in [6.07, 6.45) is 0. The molecule has 0 radical (unpaired) electrons. The van der Waals surface area contributed by atoms with Crippen LogP contribution in [0.4, 0.5) is 5.69 Å². The Labute approximate surface area is 131 Å². The zero-order chi connectivity index (χ0) is 17.2. The van der Waals surface area contributed by atoms with E-state index in [0.29, 0.717) is 10.3 Å². The number of anilines is 1. The molecule has 8 nitrogen and oxygen atoms in total. The number of nitrogens with one attached hydrogen (secondary N) is 3. The predicted octanol–water partition coefficient (Wildman–Crippen LogP) is 0.660. The van der Waals surface area contributed by atoms with Crippen molar-refractivity contribution in [1.82, 2.24) is 14.8 Å². The van der Waals surface area contributed by atoms with Crippen molar-refractivity contribution in [3.8, 4) is 0 Å². The highest BCUT2D eigenvalue weighted by atomic mass is 16.2. The molecule has 0 bridgehead atoms. The molecule has 8 heteroatoms. The van der Waals surface area contributed by atoms with Crippen molar-refractivity contribution in [2.24, 2.45) is 5.41 Å². The smallest absolute Gasteiger partial charge is 0.324 e. The molecule has 2 rings (SSSR count). The van der Waals surface area contributed by atoms with Crippen LogP contribution >= 0.6 is 0 Å². The van der Waals surface area contributed by atoms with Gasteiger partial charge in [0.15, 0.2) is 11.8 Å². The Bertz CT molecular complexity index is 796. The van der Waals surface area contributed by atoms with Crippen molar-refractivity contribution in [1.29, 1.82) is 0 Å². The first-order chi connectivity index (χ1) is 10.7. The van der Waals surface area contributed by atoms with E-state index in [0.717, 1.165) is 0 Å². The minimum Gasteiger partial charge on any atom is -0.324 e. The molecule has 23 heavy (non-hydrogen) atoms. The summed E-state index contributed by atoms with van der Waals surface area (Å²) in [6.45, 7) is 4.85. The zero-order valence-electron chi connectivity index (χ0n) is 13.0. The van der Waals surface area contributed by atoms with Crippen molar-refractivity contribution in [2.75, 3.05) is 5.32 Å². The van der Waals surface area contributed by atoms with Crippen LogP contribution < -0.4 is 16.7 Å². The highest BCUT2D eigenvalue weighted by Crippen LogP contribution is 2.23. The predicted molar refractivity (Wildman–Crippen MR) is 84.2 cm³/mol. The molecule has 3 N–H and O–H groups in total. The fraction of sp³-hybridized carbons (Fsp3) is 0.333. The number of hydrogen-bond acceptors (Lipinski definition) is 4. The Hall–Kier alpha value is -2.90. The molecule has 1 amide bonds. The van der Waals surface area contributed by atoms with Crippen LogP contribution in [0.3, 0.4) is 0 Å². The van der Waals surface area contributed by atoms with Gasteiger partial charge < -0.3 is 5.32 Å². The van der Waals surface area contributed by atoms with Gasteiger partial charge in [-0.3, -0.25) is 9.59 Å². The lowest BCUT2D eigenvalue weighted by Gasteiger charge is -2.23. The van der Waals surface area contributed by atoms with Gasteiger partial charge >= 0.3 is 11.4 Å². The minimum atomic E-state index is -1.56. The summed E-state index contributed by atoms with van der Waals surface area (Å²) in [5.74, 6) is -1.29. The Kier molecular flexibility index (Phi) is 4.35. The number of benzene rings is 1. The van der Waals surface area contributed by atoms with E-state index in [1.807, 2.05) is 0 Å². The monoisotopic (exact) mass is 318 g/mol. The number of carbonyl (C=O) groups excluding carboxylic acids is 2. The van der Waals surface area contributed by atoms with E-state index in [1.165, 1.54) is 0 Å². The maximum Gasteiger partial charge on any atom is 0.345 e. The zero-order valence-corrected chi connectivity index (χ0v) is 13.0. The topological polar surface area (TPSA) is 117 Å². The van der Waals surface area contributed by atoms with Gasteiger partial charge in [-0.25, -0.2) is 24.4 Å². The third-order valence-corrected chi connectivity index (χ3v) is 3.25. The first kappa shape index (κ1) is 16.5. The molecule has 1 aromatic carbocycles. The number of hydrogen-bond donors (Lipinski definition) is 3. The lowest BCUT2D eigenvalue weighted by atomic mass is 9.86. The molecule has 0 saturated heterocycles. The van der Waals surface area contributed by atoms with Crippen LogP contribution in [0.15, 0.2) is 39.9 Å². The number of rotatable bonds is 4. The highest BCUT2D eigenvalue weighted by molar-refractivity contribution is 6.10. The van der Waals surface area contributed by atoms with Crippen molar-refractivity contribution < 1.29 is 9.59 Å². The molecule has 2 aromatic rings. The van der Waals surface area contributed by atoms with E-state index in [4.69, 9.17) is 0 Å². The van der Waals surface area contributed by atoms with Crippen molar-refractivity contribution >= 4 is 17.4 Å². The SMILES string of the molecule is CC(C)(C)C(=O)C(C(=O)Nc1ccccc1)n1c(=O)[nH][nH]c1=O. The number of amides is 1. The third-order valence-electron chi connectivity index (χ3n) is 3.25. The quantitative estimate of drug-likeness (QED) is 0.718. The van der Waals surface area contributed by atoms with Gasteiger partial charge in [0.2, 0.25) is 0 Å². The Morgan fingerprint density at radius 1 is 1.04 bits per heavy atom. The molecule has 0 aliphatic rings. The molecule has 1 atom stereocenters. The second-order valence-corrected chi connectivity index (χ2v) is 6.10. The van der Waals surface area contributed by atoms with E-state index in [2.05, 4.69) is 15.5 Å². The van der Waals surface area contributed by atoms with Crippen LogP contribution in [0, 0.1) is 5.41 Å². The standard InChI is InChI=1S/C15H18N4O4/c1-15(2,3)11(20)10(19-13(22)17-18-14(19)23)12(21)16-9-7-5-4-6-8-9/h4-8,10H,1-3H3,(H,16,21)(H,17,22)(H,18,23). The normalized spacial score (nSPS) is 12.7. The molecule has 1 heterocycles. The number of aromatic nitrogens is 3. The molecule has 0 fully saturated rings. The maximum absolute atomic E-state index is 12.6. The summed E-state index contributed by atoms with van der Waals surface area (Å²) in [6, 6.07) is 6.92. The van der Waals surface area contributed by atoms with E-state index >= 15 is 0 Å². The number of nitrogens with zero attached hydrogens (tertiary/aromatic N) is 1. The first-order valence-corrected chi connectivity index (χ1v) is 7.01. The summed E-state index contributed by atoms with van der Waals surface area (Å²) < 4.78 is 0.589. The Balaban J connectivity index is 2.46. The van der Waals surface area contributed by atoms with Gasteiger partial charge in [-0.1, -0.05) is 39.0 Å². The summed E-state index contributed by atoms with van der Waals surface area (Å²) in [5.41, 5.74) is -2.15. The number of Topliss-reactive ketones (excluding diaryl/α,β-unsaturated/α-hetero) is 1. The second-order valence-electron chi connectivity index (χ2n) is 6.10. The summed E-state index contributed by atoms with van der Waals surface area (Å²) in [4.78, 5) is 48.8. The van der Waals surface area contributed by atoms with Gasteiger partial charge in [-0.05, 0) is 12.1 Å². The number of carbonyl (C=O) groups is 2. The fourth-order valence-corrected chi connectivity index (χ4v) is 2.05. The second kappa shape index (κ2) is 6.07. The number of aromatic amines is 2. The number of para-hydroxylation sites is 1. The molecule has 0 aliphatic carbocycles. The number of ketones is 1. The van der Waals surface area contributed by atoms with Crippen LogP contribution in [-0.2, 0) is 9.59 Å². The number of H-pyrrole nitrogens is 2. The van der Waals surface area contributed by atoms with Gasteiger partial charge in [0.05, 0.1) is 0 Å². The van der Waals surface area contributed by atoms with Gasteiger partial charge in [-0.15, -0.1) is 0 Å². The molecule has 0 saturated carbocycles. The molecule has 0 aliphatic heterocycles. The molecular formula is C15H18N4O4. The van der Waals surface area contributed by atoms with E-state index in [9.17, 15) is 19.2 Å². The third kappa shape index (κ3) is 3.47. The highest BCUT2D eigenvalue weighted by Gasteiger charge is 2.38. The van der Waals surface area contributed by atoms with Crippen LogP contribution in [0.1, 0.15) is 26.8 Å². The van der Waals surface area contributed by atoms with Crippen LogP contribution in [0.2, 0.25) is 0 Å².